The number of amides is 1. The minimum Gasteiger partial charge on any atom is -0.368 e. The number of primary amides is 1. The van der Waals surface area contributed by atoms with Crippen molar-refractivity contribution >= 4 is 17.7 Å². The quantitative estimate of drug-likeness (QED) is 0.0944. The van der Waals surface area contributed by atoms with Crippen molar-refractivity contribution in [1.29, 1.82) is 0 Å². The highest BCUT2D eigenvalue weighted by atomic mass is 32.2. The number of hydrogen-bond donors (Lipinski definition) is 1. The molecular weight excluding hydrogens is 628 g/mol. The van der Waals surface area contributed by atoms with Gasteiger partial charge in [0.25, 0.3) is 5.56 Å². The summed E-state index contributed by atoms with van der Waals surface area (Å²) in [5.41, 5.74) is 8.47. The van der Waals surface area contributed by atoms with Crippen LogP contribution in [0.3, 0.4) is 0 Å². The Morgan fingerprint density at radius 3 is 2.09 bits per heavy atom. The van der Waals surface area contributed by atoms with Gasteiger partial charge in [-0.15, -0.1) is 0 Å². The van der Waals surface area contributed by atoms with Crippen molar-refractivity contribution in [3.8, 4) is 11.1 Å². The van der Waals surface area contributed by atoms with Gasteiger partial charge in [0.05, 0.1) is 5.56 Å². The van der Waals surface area contributed by atoms with Crippen LogP contribution in [0.5, 0.6) is 0 Å². The van der Waals surface area contributed by atoms with Crippen molar-refractivity contribution in [3.63, 3.8) is 0 Å². The molecule has 47 heavy (non-hydrogen) atoms. The lowest BCUT2D eigenvalue weighted by atomic mass is 9.84. The fourth-order valence-electron chi connectivity index (χ4n) is 6.28. The molecule has 0 spiro atoms. The maximum absolute atomic E-state index is 13.9. The molecule has 3 aromatic carbocycles. The topological polar surface area (TPSA) is 81.2 Å². The van der Waals surface area contributed by atoms with Gasteiger partial charge in [-0.05, 0) is 85.3 Å². The van der Waals surface area contributed by atoms with E-state index in [9.17, 15) is 27.2 Å². The number of aromatic nitrogens is 2. The summed E-state index contributed by atoms with van der Waals surface area (Å²) in [6.45, 7) is 6.23. The van der Waals surface area contributed by atoms with Crippen molar-refractivity contribution < 1.29 is 22.4 Å². The summed E-state index contributed by atoms with van der Waals surface area (Å²) >= 11 is 1.32. The lowest BCUT2D eigenvalue weighted by Gasteiger charge is -2.38. The van der Waals surface area contributed by atoms with E-state index in [1.165, 1.54) is 36.0 Å². The van der Waals surface area contributed by atoms with Crippen LogP contribution in [-0.2, 0) is 41.5 Å². The van der Waals surface area contributed by atoms with Gasteiger partial charge in [-0.1, -0.05) is 74.1 Å². The molecule has 1 unspecified atom stereocenters. The van der Waals surface area contributed by atoms with Gasteiger partial charge in [-0.2, -0.15) is 18.2 Å². The first kappa shape index (κ1) is 34.4. The number of hydrogen-bond acceptors (Lipinski definition) is 5. The van der Waals surface area contributed by atoms with E-state index in [2.05, 4.69) is 23.7 Å². The van der Waals surface area contributed by atoms with Gasteiger partial charge < -0.3 is 15.2 Å². The standard InChI is InChI=1S/C36H38F4N4O2S/c1-3-43(4-2)21-20-35(33(41)46,22-24-8-12-26(13-9-24)27-14-16-28(17-15-27)36(38,39)40)44-31-7-5-6-30(31)32(45)42-34(44)47-23-25-10-18-29(37)19-11-25/h8-19H,3-7,20-23H2,1-2H3,(H2,41,46). The zero-order chi connectivity index (χ0) is 33.8. The highest BCUT2D eigenvalue weighted by Gasteiger charge is 2.43. The minimum absolute atomic E-state index is 0.220. The third-order valence-electron chi connectivity index (χ3n) is 9.01. The van der Waals surface area contributed by atoms with Gasteiger partial charge in [-0.3, -0.25) is 9.59 Å². The third-order valence-corrected chi connectivity index (χ3v) is 10.0. The second-order valence-corrected chi connectivity index (χ2v) is 12.8. The lowest BCUT2D eigenvalue weighted by Crippen LogP contribution is -2.52. The summed E-state index contributed by atoms with van der Waals surface area (Å²) in [5.74, 6) is -0.488. The van der Waals surface area contributed by atoms with Crippen molar-refractivity contribution in [2.24, 2.45) is 5.73 Å². The predicted molar refractivity (Wildman–Crippen MR) is 177 cm³/mol. The first-order chi connectivity index (χ1) is 22.4. The first-order valence-electron chi connectivity index (χ1n) is 15.8. The second-order valence-electron chi connectivity index (χ2n) is 11.9. The van der Waals surface area contributed by atoms with Gasteiger partial charge in [0.2, 0.25) is 5.91 Å². The Morgan fingerprint density at radius 1 is 0.915 bits per heavy atom. The molecule has 1 amide bonds. The maximum Gasteiger partial charge on any atom is 0.416 e. The molecule has 1 aliphatic carbocycles. The largest absolute Gasteiger partial charge is 0.416 e. The molecule has 2 N–H and O–H groups in total. The summed E-state index contributed by atoms with van der Waals surface area (Å²) in [6, 6.07) is 18.5. The Labute approximate surface area is 276 Å². The molecule has 0 bridgehead atoms. The molecule has 4 aromatic rings. The molecule has 1 heterocycles. The molecule has 1 aliphatic rings. The van der Waals surface area contributed by atoms with E-state index in [0.717, 1.165) is 54.0 Å². The molecule has 0 radical (unpaired) electrons. The van der Waals surface area contributed by atoms with Crippen LogP contribution in [0.15, 0.2) is 82.7 Å². The van der Waals surface area contributed by atoms with Gasteiger partial charge in [-0.25, -0.2) is 4.39 Å². The number of rotatable bonds is 13. The van der Waals surface area contributed by atoms with Gasteiger partial charge >= 0.3 is 6.18 Å². The Balaban J connectivity index is 1.58. The van der Waals surface area contributed by atoms with Crippen molar-refractivity contribution in [2.45, 2.75) is 68.6 Å². The monoisotopic (exact) mass is 666 g/mol. The van der Waals surface area contributed by atoms with Crippen LogP contribution in [0.4, 0.5) is 17.6 Å². The molecule has 5 rings (SSSR count). The second kappa shape index (κ2) is 14.4. The summed E-state index contributed by atoms with van der Waals surface area (Å²) in [6.07, 6.45) is -1.91. The van der Waals surface area contributed by atoms with Crippen LogP contribution in [0.25, 0.3) is 11.1 Å². The highest BCUT2D eigenvalue weighted by molar-refractivity contribution is 7.98. The number of halogens is 4. The number of thioether (sulfide) groups is 1. The van der Waals surface area contributed by atoms with E-state index < -0.39 is 23.2 Å². The zero-order valence-corrected chi connectivity index (χ0v) is 27.3. The number of benzene rings is 3. The summed E-state index contributed by atoms with van der Waals surface area (Å²) in [4.78, 5) is 33.9. The zero-order valence-electron chi connectivity index (χ0n) is 26.4. The molecule has 6 nitrogen and oxygen atoms in total. The number of fused-ring (bicyclic) bond motifs is 1. The number of nitrogens with two attached hydrogens (primary N) is 1. The average Bonchev–Trinajstić information content (AvgIpc) is 3.55. The van der Waals surface area contributed by atoms with Crippen LogP contribution < -0.4 is 11.3 Å². The van der Waals surface area contributed by atoms with Crippen molar-refractivity contribution in [2.75, 3.05) is 19.6 Å². The molecule has 0 saturated heterocycles. The number of carbonyl (C=O) groups excluding carboxylic acids is 1. The SMILES string of the molecule is CCN(CC)CCC(Cc1ccc(-c2ccc(C(F)(F)F)cc2)cc1)(C(N)=O)n1c(SCc2ccc(F)cc2)nc(=O)c2c1CCC2. The molecule has 1 aromatic heterocycles. The van der Waals surface area contributed by atoms with E-state index in [1.54, 1.807) is 12.1 Å². The van der Waals surface area contributed by atoms with E-state index in [0.29, 0.717) is 47.8 Å². The van der Waals surface area contributed by atoms with Gasteiger partial charge in [0, 0.05) is 30.0 Å². The molecule has 0 aliphatic heterocycles. The fourth-order valence-corrected chi connectivity index (χ4v) is 7.33. The Morgan fingerprint density at radius 2 is 1.51 bits per heavy atom. The third kappa shape index (κ3) is 7.62. The molecule has 248 valence electrons. The Bertz CT molecular complexity index is 1750. The summed E-state index contributed by atoms with van der Waals surface area (Å²) in [5, 5.41) is 0.389. The predicted octanol–water partition coefficient (Wildman–Crippen LogP) is 7.00. The molecule has 11 heteroatoms. The lowest BCUT2D eigenvalue weighted by molar-refractivity contribution is -0.137. The summed E-state index contributed by atoms with van der Waals surface area (Å²) < 4.78 is 54.8. The van der Waals surface area contributed by atoms with Gasteiger partial charge in [0.1, 0.15) is 11.4 Å². The maximum atomic E-state index is 13.9. The van der Waals surface area contributed by atoms with E-state index in [-0.39, 0.29) is 17.8 Å². The smallest absolute Gasteiger partial charge is 0.368 e. The van der Waals surface area contributed by atoms with Crippen LogP contribution >= 0.6 is 11.8 Å². The molecule has 0 saturated carbocycles. The van der Waals surface area contributed by atoms with Crippen LogP contribution in [0, 0.1) is 5.82 Å². The normalized spacial score (nSPS) is 14.3. The molecule has 0 fully saturated rings. The minimum atomic E-state index is -4.42. The van der Waals surface area contributed by atoms with E-state index in [4.69, 9.17) is 5.73 Å². The Kier molecular flexibility index (Phi) is 10.6. The van der Waals surface area contributed by atoms with E-state index in [1.807, 2.05) is 28.8 Å². The molecule has 1 atom stereocenters. The van der Waals surface area contributed by atoms with Crippen LogP contribution in [-0.4, -0.2) is 40.0 Å². The summed E-state index contributed by atoms with van der Waals surface area (Å²) in [7, 11) is 0. The molecular formula is C36H38F4N4O2S. The highest BCUT2D eigenvalue weighted by Crippen LogP contribution is 2.37. The van der Waals surface area contributed by atoms with Gasteiger partial charge in [0.15, 0.2) is 5.16 Å². The van der Waals surface area contributed by atoms with Crippen molar-refractivity contribution in [1.82, 2.24) is 14.5 Å². The van der Waals surface area contributed by atoms with Crippen molar-refractivity contribution in [3.05, 3.63) is 117 Å². The van der Waals surface area contributed by atoms with Crippen LogP contribution in [0.2, 0.25) is 0 Å². The fraction of sp³-hybridized carbons (Fsp3) is 0.361. The van der Waals surface area contributed by atoms with E-state index >= 15 is 0 Å². The number of nitrogens with zero attached hydrogens (tertiary/aromatic N) is 3. The Hall–Kier alpha value is -3.96. The number of carbonyl (C=O) groups is 1. The average molecular weight is 667 g/mol. The number of alkyl halides is 3. The van der Waals surface area contributed by atoms with Crippen LogP contribution in [0.1, 0.15) is 54.6 Å². The first-order valence-corrected chi connectivity index (χ1v) is 16.7.